The smallest absolute Gasteiger partial charge is 0.133 e. The number of carbonyl (C=O) groups is 1. The first-order valence-electron chi connectivity index (χ1n) is 3.29. The summed E-state index contributed by atoms with van der Waals surface area (Å²) in [4.78, 5) is 10.7. The lowest BCUT2D eigenvalue weighted by atomic mass is 9.83. The summed E-state index contributed by atoms with van der Waals surface area (Å²) in [5.41, 5.74) is 0. The van der Waals surface area contributed by atoms with Gasteiger partial charge in [0.05, 0.1) is 0 Å². The fourth-order valence-electron chi connectivity index (χ4n) is 1.81. The Hall–Kier alpha value is -0.330. The molecule has 0 aromatic rings. The molecule has 0 bridgehead atoms. The number of fused-ring (bicyclic) bond motifs is 1. The lowest BCUT2D eigenvalue weighted by molar-refractivity contribution is -0.123. The van der Waals surface area contributed by atoms with Gasteiger partial charge in [-0.05, 0) is 31.6 Å². The minimum atomic E-state index is 0.420. The molecule has 0 aromatic carbocycles. The molecule has 0 unspecified atom stereocenters. The molecular weight excluding hydrogens is 100 g/mol. The second-order valence-corrected chi connectivity index (χ2v) is 3.11. The summed E-state index contributed by atoms with van der Waals surface area (Å²) in [6.07, 6.45) is 2.56. The molecule has 0 aliphatic heterocycles. The lowest BCUT2D eigenvalue weighted by Gasteiger charge is -2.20. The SMILES string of the molecule is CC(=O)[C@@H]1C[C@H]2C[C@H]21. The average molecular weight is 110 g/mol. The van der Waals surface area contributed by atoms with Crippen LogP contribution in [0.1, 0.15) is 19.8 Å². The fraction of sp³-hybridized carbons (Fsp3) is 0.857. The van der Waals surface area contributed by atoms with Crippen molar-refractivity contribution >= 4 is 5.78 Å². The van der Waals surface area contributed by atoms with Crippen LogP contribution >= 0.6 is 0 Å². The third-order valence-electron chi connectivity index (χ3n) is 2.57. The zero-order valence-electron chi connectivity index (χ0n) is 5.05. The van der Waals surface area contributed by atoms with Gasteiger partial charge in [-0.1, -0.05) is 0 Å². The van der Waals surface area contributed by atoms with Gasteiger partial charge in [-0.15, -0.1) is 0 Å². The molecule has 2 fully saturated rings. The first kappa shape index (κ1) is 4.54. The van der Waals surface area contributed by atoms with Crippen LogP contribution in [0.4, 0.5) is 0 Å². The van der Waals surface area contributed by atoms with Crippen LogP contribution in [0.15, 0.2) is 0 Å². The molecule has 0 radical (unpaired) electrons. The van der Waals surface area contributed by atoms with Crippen molar-refractivity contribution in [3.05, 3.63) is 0 Å². The van der Waals surface area contributed by atoms with Crippen molar-refractivity contribution in [2.75, 3.05) is 0 Å². The van der Waals surface area contributed by atoms with Gasteiger partial charge in [0.2, 0.25) is 0 Å². The van der Waals surface area contributed by atoms with E-state index in [1.54, 1.807) is 6.92 Å². The molecular formula is C7H10O. The predicted octanol–water partition coefficient (Wildman–Crippen LogP) is 1.23. The number of carbonyl (C=O) groups excluding carboxylic acids is 1. The molecule has 2 aliphatic rings. The van der Waals surface area contributed by atoms with Crippen molar-refractivity contribution in [2.45, 2.75) is 19.8 Å². The fourth-order valence-corrected chi connectivity index (χ4v) is 1.81. The minimum Gasteiger partial charge on any atom is -0.300 e. The Morgan fingerprint density at radius 3 is 2.38 bits per heavy atom. The largest absolute Gasteiger partial charge is 0.300 e. The molecule has 0 saturated heterocycles. The van der Waals surface area contributed by atoms with Gasteiger partial charge in [0, 0.05) is 5.92 Å². The molecule has 2 aliphatic carbocycles. The van der Waals surface area contributed by atoms with Gasteiger partial charge in [-0.3, -0.25) is 4.79 Å². The van der Waals surface area contributed by atoms with E-state index in [-0.39, 0.29) is 0 Å². The molecule has 0 spiro atoms. The summed E-state index contributed by atoms with van der Waals surface area (Å²) in [6.45, 7) is 1.72. The Morgan fingerprint density at radius 1 is 1.50 bits per heavy atom. The summed E-state index contributed by atoms with van der Waals surface area (Å²) < 4.78 is 0. The molecule has 44 valence electrons. The predicted molar refractivity (Wildman–Crippen MR) is 30.4 cm³/mol. The number of hydrogen-bond acceptors (Lipinski definition) is 1. The van der Waals surface area contributed by atoms with E-state index < -0.39 is 0 Å². The topological polar surface area (TPSA) is 17.1 Å². The van der Waals surface area contributed by atoms with Crippen LogP contribution in [0.25, 0.3) is 0 Å². The molecule has 0 heterocycles. The second kappa shape index (κ2) is 1.15. The van der Waals surface area contributed by atoms with Gasteiger partial charge in [0.15, 0.2) is 0 Å². The molecule has 2 saturated carbocycles. The van der Waals surface area contributed by atoms with E-state index in [0.717, 1.165) is 11.8 Å². The van der Waals surface area contributed by atoms with E-state index in [0.29, 0.717) is 11.7 Å². The number of Topliss-reactive ketones (excluding diaryl/α,β-unsaturated/α-hetero) is 1. The molecule has 0 amide bonds. The highest BCUT2D eigenvalue weighted by Crippen LogP contribution is 2.59. The Kier molecular flexibility index (Phi) is 0.651. The quantitative estimate of drug-likeness (QED) is 0.496. The van der Waals surface area contributed by atoms with Crippen LogP contribution in [-0.2, 0) is 4.79 Å². The van der Waals surface area contributed by atoms with Gasteiger partial charge < -0.3 is 0 Å². The van der Waals surface area contributed by atoms with E-state index in [1.165, 1.54) is 12.8 Å². The van der Waals surface area contributed by atoms with E-state index in [9.17, 15) is 4.79 Å². The third kappa shape index (κ3) is 0.396. The monoisotopic (exact) mass is 110 g/mol. The van der Waals surface area contributed by atoms with Crippen LogP contribution in [-0.4, -0.2) is 5.78 Å². The maximum atomic E-state index is 10.7. The number of ketones is 1. The normalized spacial score (nSPS) is 49.4. The summed E-state index contributed by atoms with van der Waals surface area (Å²) >= 11 is 0. The van der Waals surface area contributed by atoms with Crippen LogP contribution in [0.3, 0.4) is 0 Å². The molecule has 1 heteroatoms. The molecule has 8 heavy (non-hydrogen) atoms. The lowest BCUT2D eigenvalue weighted by Crippen LogP contribution is -2.22. The highest BCUT2D eigenvalue weighted by Gasteiger charge is 2.54. The van der Waals surface area contributed by atoms with Crippen molar-refractivity contribution in [3.8, 4) is 0 Å². The zero-order valence-corrected chi connectivity index (χ0v) is 5.05. The van der Waals surface area contributed by atoms with E-state index in [4.69, 9.17) is 0 Å². The maximum absolute atomic E-state index is 10.7. The maximum Gasteiger partial charge on any atom is 0.133 e. The van der Waals surface area contributed by atoms with Crippen molar-refractivity contribution in [1.29, 1.82) is 0 Å². The molecule has 0 N–H and O–H groups in total. The van der Waals surface area contributed by atoms with Crippen molar-refractivity contribution in [3.63, 3.8) is 0 Å². The highest BCUT2D eigenvalue weighted by atomic mass is 16.1. The van der Waals surface area contributed by atoms with Gasteiger partial charge in [0.25, 0.3) is 0 Å². The van der Waals surface area contributed by atoms with Gasteiger partial charge in [-0.2, -0.15) is 0 Å². The van der Waals surface area contributed by atoms with Gasteiger partial charge >= 0.3 is 0 Å². The Morgan fingerprint density at radius 2 is 2.25 bits per heavy atom. The summed E-state index contributed by atoms with van der Waals surface area (Å²) in [5, 5.41) is 0. The number of hydrogen-bond donors (Lipinski definition) is 0. The molecule has 2 rings (SSSR count). The first-order valence-corrected chi connectivity index (χ1v) is 3.29. The summed E-state index contributed by atoms with van der Waals surface area (Å²) in [5.74, 6) is 2.72. The van der Waals surface area contributed by atoms with Crippen molar-refractivity contribution < 1.29 is 4.79 Å². The van der Waals surface area contributed by atoms with Crippen LogP contribution in [0.5, 0.6) is 0 Å². The Labute approximate surface area is 49.1 Å². The van der Waals surface area contributed by atoms with Gasteiger partial charge in [-0.25, -0.2) is 0 Å². The van der Waals surface area contributed by atoms with Crippen LogP contribution in [0, 0.1) is 17.8 Å². The Balaban J connectivity index is 2.01. The van der Waals surface area contributed by atoms with Crippen LogP contribution < -0.4 is 0 Å². The minimum absolute atomic E-state index is 0.420. The molecule has 1 nitrogen and oxygen atoms in total. The van der Waals surface area contributed by atoms with E-state index in [2.05, 4.69) is 0 Å². The number of rotatable bonds is 1. The van der Waals surface area contributed by atoms with Crippen molar-refractivity contribution in [1.82, 2.24) is 0 Å². The van der Waals surface area contributed by atoms with Gasteiger partial charge in [0.1, 0.15) is 5.78 Å². The third-order valence-corrected chi connectivity index (χ3v) is 2.57. The molecule has 0 aromatic heterocycles. The van der Waals surface area contributed by atoms with Crippen LogP contribution in [0.2, 0.25) is 0 Å². The van der Waals surface area contributed by atoms with E-state index in [1.807, 2.05) is 0 Å². The average Bonchev–Trinajstić information content (AvgIpc) is 2.13. The highest BCUT2D eigenvalue weighted by molar-refractivity contribution is 5.80. The second-order valence-electron chi connectivity index (χ2n) is 3.11. The zero-order chi connectivity index (χ0) is 5.72. The van der Waals surface area contributed by atoms with Crippen molar-refractivity contribution in [2.24, 2.45) is 17.8 Å². The summed E-state index contributed by atoms with van der Waals surface area (Å²) in [6, 6.07) is 0. The summed E-state index contributed by atoms with van der Waals surface area (Å²) in [7, 11) is 0. The standard InChI is InChI=1S/C7H10O/c1-4(8)6-2-5-3-7(5)6/h5-7H,2-3H2,1H3/t5-,6-,7+/m0/s1. The van der Waals surface area contributed by atoms with E-state index >= 15 is 0 Å². The first-order chi connectivity index (χ1) is 3.79. The molecule has 3 atom stereocenters. The Bertz CT molecular complexity index is 139.